The fourth-order valence-electron chi connectivity index (χ4n) is 8.32. The molecule has 0 unspecified atom stereocenters. The summed E-state index contributed by atoms with van der Waals surface area (Å²) in [5.41, 5.74) is 12.8. The highest BCUT2D eigenvalue weighted by atomic mass is 15.5. The highest BCUT2D eigenvalue weighted by molar-refractivity contribution is 6.19. The summed E-state index contributed by atoms with van der Waals surface area (Å²) in [4.78, 5) is 0. The molecule has 0 fully saturated rings. The minimum atomic E-state index is 0.699. The van der Waals surface area contributed by atoms with E-state index in [-0.39, 0.29) is 0 Å². The number of hydrogen-bond donors (Lipinski definition) is 1. The molecule has 0 atom stereocenters. The van der Waals surface area contributed by atoms with Crippen LogP contribution >= 0.6 is 0 Å². The summed E-state index contributed by atoms with van der Waals surface area (Å²) in [5.74, 6) is 0.824. The van der Waals surface area contributed by atoms with Crippen LogP contribution in [0.25, 0.3) is 66.1 Å². The summed E-state index contributed by atoms with van der Waals surface area (Å²) >= 11 is 0. The Kier molecular flexibility index (Phi) is 8.81. The molecule has 0 aliphatic heterocycles. The second-order valence-corrected chi connectivity index (χ2v) is 14.5. The number of para-hydroxylation sites is 3. The van der Waals surface area contributed by atoms with Crippen LogP contribution in [0.1, 0.15) is 16.7 Å². The van der Waals surface area contributed by atoms with E-state index in [1.54, 1.807) is 0 Å². The standard InChI is InChI=1S/C52H41N5/c1-53-52(54-55(35-37-16-5-2-6-17-37)36-38-18-7-3-8-19-38)41-21-15-20-40(32-41)39-28-30-43(31-29-39)57-49-27-14-12-25-45(49)47-33-46-44-24-11-13-26-48(44)56(50(46)34-51(47)57)42-22-9-4-10-23-42/h2-34H,35-36H2,1H3,(H,53,54). The average molecular weight is 736 g/mol. The van der Waals surface area contributed by atoms with E-state index < -0.39 is 0 Å². The highest BCUT2D eigenvalue weighted by Crippen LogP contribution is 2.39. The quantitative estimate of drug-likeness (QED) is 0.0910. The maximum atomic E-state index is 5.19. The third kappa shape index (κ3) is 6.39. The van der Waals surface area contributed by atoms with Crippen LogP contribution in [0.15, 0.2) is 205 Å². The van der Waals surface area contributed by atoms with Crippen molar-refractivity contribution in [2.75, 3.05) is 7.05 Å². The Morgan fingerprint density at radius 2 is 0.947 bits per heavy atom. The summed E-state index contributed by atoms with van der Waals surface area (Å²) in [6, 6.07) is 71.6. The first kappa shape index (κ1) is 34.1. The lowest BCUT2D eigenvalue weighted by Gasteiger charge is -2.21. The lowest BCUT2D eigenvalue weighted by molar-refractivity contribution is 0.270. The van der Waals surface area contributed by atoms with Crippen molar-refractivity contribution in [3.8, 4) is 22.5 Å². The van der Waals surface area contributed by atoms with Crippen LogP contribution in [0.5, 0.6) is 0 Å². The van der Waals surface area contributed by atoms with Crippen molar-refractivity contribution in [3.63, 3.8) is 0 Å². The molecule has 0 aliphatic rings. The summed E-state index contributed by atoms with van der Waals surface area (Å²) in [6.45, 7) is 1.40. The van der Waals surface area contributed by atoms with Crippen LogP contribution in [0.2, 0.25) is 0 Å². The normalized spacial score (nSPS) is 11.8. The molecule has 2 aromatic heterocycles. The molecule has 0 bridgehead atoms. The molecule has 8 aromatic carbocycles. The number of hydrazone groups is 1. The largest absolute Gasteiger partial charge is 0.371 e. The van der Waals surface area contributed by atoms with Crippen molar-refractivity contribution in [1.82, 2.24) is 19.5 Å². The monoisotopic (exact) mass is 735 g/mol. The van der Waals surface area contributed by atoms with Crippen LogP contribution in [0.4, 0.5) is 0 Å². The Balaban J connectivity index is 1.04. The number of rotatable bonds is 9. The maximum Gasteiger partial charge on any atom is 0.153 e. The van der Waals surface area contributed by atoms with Gasteiger partial charge in [-0.15, -0.1) is 0 Å². The molecule has 57 heavy (non-hydrogen) atoms. The Morgan fingerprint density at radius 1 is 0.439 bits per heavy atom. The summed E-state index contributed by atoms with van der Waals surface area (Å²) in [6.07, 6.45) is 0. The van der Waals surface area contributed by atoms with Gasteiger partial charge >= 0.3 is 0 Å². The van der Waals surface area contributed by atoms with Gasteiger partial charge in [-0.1, -0.05) is 146 Å². The topological polar surface area (TPSA) is 37.5 Å². The molecular formula is C52H41N5. The fourth-order valence-corrected chi connectivity index (χ4v) is 8.32. The Labute approximate surface area is 332 Å². The number of amidine groups is 1. The van der Waals surface area contributed by atoms with Crippen molar-refractivity contribution >= 4 is 49.4 Å². The van der Waals surface area contributed by atoms with Crippen molar-refractivity contribution in [2.24, 2.45) is 5.10 Å². The predicted octanol–water partition coefficient (Wildman–Crippen LogP) is 12.1. The number of nitrogens with zero attached hydrogens (tertiary/aromatic N) is 4. The van der Waals surface area contributed by atoms with Gasteiger partial charge in [0.2, 0.25) is 0 Å². The molecule has 0 radical (unpaired) electrons. The first-order chi connectivity index (χ1) is 28.2. The van der Waals surface area contributed by atoms with Crippen LogP contribution in [-0.4, -0.2) is 27.0 Å². The first-order valence-electron chi connectivity index (χ1n) is 19.5. The maximum absolute atomic E-state index is 5.19. The van der Waals surface area contributed by atoms with Crippen molar-refractivity contribution < 1.29 is 0 Å². The Bertz CT molecular complexity index is 2990. The molecule has 0 amide bonds. The molecule has 274 valence electrons. The van der Waals surface area contributed by atoms with Gasteiger partial charge in [-0.05, 0) is 76.9 Å². The lowest BCUT2D eigenvalue weighted by atomic mass is 10.0. The number of aromatic nitrogens is 2. The fraction of sp³-hybridized carbons (Fsp3) is 0.0577. The molecule has 0 spiro atoms. The number of fused-ring (bicyclic) bond motifs is 6. The van der Waals surface area contributed by atoms with Crippen LogP contribution in [0.3, 0.4) is 0 Å². The molecule has 2 heterocycles. The summed E-state index contributed by atoms with van der Waals surface area (Å²) in [5, 5.41) is 15.7. The summed E-state index contributed by atoms with van der Waals surface area (Å²) < 4.78 is 4.81. The van der Waals surface area contributed by atoms with E-state index in [1.165, 1.54) is 54.7 Å². The highest BCUT2D eigenvalue weighted by Gasteiger charge is 2.18. The zero-order valence-corrected chi connectivity index (χ0v) is 31.8. The second-order valence-electron chi connectivity index (χ2n) is 14.5. The van der Waals surface area contributed by atoms with Gasteiger partial charge in [0, 0.05) is 45.5 Å². The van der Waals surface area contributed by atoms with E-state index in [2.05, 4.69) is 220 Å². The van der Waals surface area contributed by atoms with Gasteiger partial charge in [0.25, 0.3) is 0 Å². The molecule has 0 aliphatic carbocycles. The van der Waals surface area contributed by atoms with Gasteiger partial charge in [0.15, 0.2) is 5.84 Å². The first-order valence-corrected chi connectivity index (χ1v) is 19.5. The molecule has 0 saturated carbocycles. The Morgan fingerprint density at radius 3 is 1.51 bits per heavy atom. The van der Waals surface area contributed by atoms with Crippen LogP contribution in [0, 0.1) is 0 Å². The minimum absolute atomic E-state index is 0.699. The zero-order valence-electron chi connectivity index (χ0n) is 31.8. The third-order valence-electron chi connectivity index (χ3n) is 11.0. The van der Waals surface area contributed by atoms with Crippen LogP contribution < -0.4 is 5.32 Å². The van der Waals surface area contributed by atoms with Crippen molar-refractivity contribution in [1.29, 1.82) is 0 Å². The third-order valence-corrected chi connectivity index (χ3v) is 11.0. The number of nitrogens with one attached hydrogen (secondary N) is 1. The Hall–Kier alpha value is -7.37. The van der Waals surface area contributed by atoms with Gasteiger partial charge in [0.1, 0.15) is 0 Å². The average Bonchev–Trinajstić information content (AvgIpc) is 3.77. The van der Waals surface area contributed by atoms with Crippen LogP contribution in [-0.2, 0) is 13.1 Å². The van der Waals surface area contributed by atoms with E-state index in [0.717, 1.165) is 33.9 Å². The van der Waals surface area contributed by atoms with E-state index in [9.17, 15) is 0 Å². The predicted molar refractivity (Wildman–Crippen MR) is 238 cm³/mol. The number of benzene rings is 8. The van der Waals surface area contributed by atoms with E-state index in [1.807, 2.05) is 7.05 Å². The van der Waals surface area contributed by atoms with Crippen molar-refractivity contribution in [3.05, 3.63) is 217 Å². The molecular weight excluding hydrogens is 695 g/mol. The minimum Gasteiger partial charge on any atom is -0.371 e. The molecule has 10 rings (SSSR count). The van der Waals surface area contributed by atoms with E-state index >= 15 is 0 Å². The smallest absolute Gasteiger partial charge is 0.153 e. The number of hydrogen-bond acceptors (Lipinski definition) is 2. The van der Waals surface area contributed by atoms with Gasteiger partial charge in [-0.2, -0.15) is 5.10 Å². The van der Waals surface area contributed by atoms with Gasteiger partial charge in [-0.3, -0.25) is 5.01 Å². The molecule has 1 N–H and O–H groups in total. The van der Waals surface area contributed by atoms with Gasteiger partial charge in [-0.25, -0.2) is 0 Å². The molecule has 0 saturated heterocycles. The molecule has 5 heteroatoms. The second kappa shape index (κ2) is 14.7. The summed E-state index contributed by atoms with van der Waals surface area (Å²) in [7, 11) is 1.95. The van der Waals surface area contributed by atoms with E-state index in [4.69, 9.17) is 5.10 Å². The molecule has 5 nitrogen and oxygen atoms in total. The van der Waals surface area contributed by atoms with E-state index in [0.29, 0.717) is 13.1 Å². The van der Waals surface area contributed by atoms with Gasteiger partial charge < -0.3 is 14.5 Å². The lowest BCUT2D eigenvalue weighted by Crippen LogP contribution is -2.26. The SMILES string of the molecule is CN/C(=N\N(Cc1ccccc1)Cc1ccccc1)c1cccc(-c2ccc(-n3c4ccccc4c4cc5c6ccccc6n(-c6ccccc6)c5cc43)cc2)c1. The molecule has 10 aromatic rings. The van der Waals surface area contributed by atoms with Crippen molar-refractivity contribution in [2.45, 2.75) is 13.1 Å². The van der Waals surface area contributed by atoms with Gasteiger partial charge in [0.05, 0.1) is 35.2 Å². The zero-order chi connectivity index (χ0) is 38.1.